The predicted octanol–water partition coefficient (Wildman–Crippen LogP) is 10.2. The first-order valence-electron chi connectivity index (χ1n) is 23.2. The van der Waals surface area contributed by atoms with Crippen molar-refractivity contribution in [2.75, 3.05) is 17.3 Å². The number of carbonyl (C=O) groups excluding carboxylic acids is 4. The molecule has 0 bridgehead atoms. The fourth-order valence-corrected chi connectivity index (χ4v) is 11.5. The van der Waals surface area contributed by atoms with Crippen LogP contribution in [0.3, 0.4) is 0 Å². The van der Waals surface area contributed by atoms with Crippen LogP contribution in [0, 0.1) is 17.8 Å². The quantitative estimate of drug-likeness (QED) is 0.0999. The summed E-state index contributed by atoms with van der Waals surface area (Å²) in [6.45, 7) is 1.83. The minimum Gasteiger partial charge on any atom is -0.508 e. The van der Waals surface area contributed by atoms with Crippen LogP contribution in [-0.2, 0) is 24.5 Å². The molecule has 350 valence electrons. The van der Waals surface area contributed by atoms with E-state index in [2.05, 4.69) is 22.5 Å². The van der Waals surface area contributed by atoms with Crippen molar-refractivity contribution in [3.05, 3.63) is 221 Å². The van der Waals surface area contributed by atoms with E-state index in [0.717, 1.165) is 20.7 Å². The van der Waals surface area contributed by atoms with E-state index in [0.29, 0.717) is 39.1 Å². The molecule has 0 aliphatic carbocycles. The number of anilines is 2. The van der Waals surface area contributed by atoms with Gasteiger partial charge in [0.15, 0.2) is 5.13 Å². The summed E-state index contributed by atoms with van der Waals surface area (Å²) in [4.78, 5) is 71.1. The van der Waals surface area contributed by atoms with Crippen LogP contribution >= 0.6 is 11.3 Å². The van der Waals surface area contributed by atoms with Gasteiger partial charge in [-0.15, -0.1) is 0 Å². The summed E-state index contributed by atoms with van der Waals surface area (Å²) in [5.41, 5.74) is 3.05. The SMILES string of the molecule is COc1ccc(C#Cc2ccc3c(c2)[C@]2(C(=O)N3C(=O)N[C@H](C)c3ccccc3)[C@H](C(=O)Nc3nc4ccccc4s3)[C@H]3C(=O)O[C@H](c4ccccc4)[C@H](c4ccccc4)N3[C@@H]2c2ccc(O)cc2)cc1. The Bertz CT molecular complexity index is 3360. The average Bonchev–Trinajstić information content (AvgIpc) is 4.05. The molecule has 3 N–H and O–H groups in total. The average molecular weight is 956 g/mol. The first-order chi connectivity index (χ1) is 34.6. The number of urea groups is 1. The molecule has 12 nitrogen and oxygen atoms in total. The number of rotatable bonds is 8. The van der Waals surface area contributed by atoms with E-state index in [1.54, 1.807) is 37.4 Å². The maximum atomic E-state index is 16.7. The maximum Gasteiger partial charge on any atom is 0.329 e. The second kappa shape index (κ2) is 18.4. The molecule has 13 heteroatoms. The molecule has 7 atom stereocenters. The minimum atomic E-state index is -2.06. The van der Waals surface area contributed by atoms with E-state index < -0.39 is 65.4 Å². The topological polar surface area (TPSA) is 150 Å². The second-order valence-electron chi connectivity index (χ2n) is 17.8. The number of morpholine rings is 1. The van der Waals surface area contributed by atoms with Gasteiger partial charge in [0.2, 0.25) is 11.8 Å². The molecular weight excluding hydrogens is 911 g/mol. The second-order valence-corrected chi connectivity index (χ2v) is 18.8. The number of amides is 4. The smallest absolute Gasteiger partial charge is 0.329 e. The van der Waals surface area contributed by atoms with Crippen LogP contribution in [0.5, 0.6) is 11.5 Å². The number of para-hydroxylation sites is 1. The van der Waals surface area contributed by atoms with Gasteiger partial charge in [0.1, 0.15) is 29.1 Å². The summed E-state index contributed by atoms with van der Waals surface area (Å²) in [6, 6.07) is 50.0. The Morgan fingerprint density at radius 2 is 1.38 bits per heavy atom. The van der Waals surface area contributed by atoms with Gasteiger partial charge in [-0.3, -0.25) is 19.3 Å². The third-order valence-electron chi connectivity index (χ3n) is 13.8. The lowest BCUT2D eigenvalue weighted by Crippen LogP contribution is -2.55. The van der Waals surface area contributed by atoms with Crippen LogP contribution in [0.4, 0.5) is 15.6 Å². The standard InChI is InChI=1S/C58H45N5O7S/c1-35(38-14-6-3-7-15-38)59-57(68)62-46-33-26-37(23-22-36-24-31-43(69-2)32-25-36)34-44(46)58(55(62)67)48(53(65)61-56-60-45-20-12-13-21-47(45)71-56)50-54(66)70-51(40-18-10-5-11-19-40)49(39-16-8-4-9-17-39)63(50)52(58)41-27-29-42(64)30-28-41/h3-21,24-35,48-52,64H,1-2H3,(H,59,68)(H,60,61,65)/t35-,48+,49+,50+,51-,52-,58+/m1/s1. The number of phenolic OH excluding ortho intramolecular Hbond substituents is 1. The van der Waals surface area contributed by atoms with Crippen molar-refractivity contribution >= 4 is 56.2 Å². The summed E-state index contributed by atoms with van der Waals surface area (Å²) in [5, 5.41) is 17.2. The van der Waals surface area contributed by atoms with Crippen molar-refractivity contribution in [3.8, 4) is 23.3 Å². The molecule has 7 aromatic carbocycles. The molecule has 0 unspecified atom stereocenters. The number of cyclic esters (lactones) is 1. The molecular formula is C58H45N5O7S. The fourth-order valence-electron chi connectivity index (χ4n) is 10.6. The fraction of sp³-hybridized carbons (Fsp3) is 0.155. The van der Waals surface area contributed by atoms with Gasteiger partial charge in [-0.05, 0) is 101 Å². The monoisotopic (exact) mass is 955 g/mol. The number of phenols is 1. The van der Waals surface area contributed by atoms with Crippen LogP contribution in [0.15, 0.2) is 182 Å². The molecule has 3 aliphatic heterocycles. The van der Waals surface area contributed by atoms with E-state index in [9.17, 15) is 5.11 Å². The van der Waals surface area contributed by atoms with Crippen LogP contribution < -0.4 is 20.3 Å². The van der Waals surface area contributed by atoms with Crippen molar-refractivity contribution in [2.45, 2.75) is 42.6 Å². The van der Waals surface area contributed by atoms with E-state index in [-0.39, 0.29) is 16.6 Å². The van der Waals surface area contributed by atoms with Crippen LogP contribution in [0.1, 0.15) is 70.1 Å². The number of aromatic nitrogens is 1. The molecule has 0 radical (unpaired) electrons. The van der Waals surface area contributed by atoms with E-state index in [1.807, 2.05) is 151 Å². The summed E-state index contributed by atoms with van der Waals surface area (Å²) < 4.78 is 12.8. The third kappa shape index (κ3) is 7.83. The number of hydrogen-bond donors (Lipinski definition) is 3. The molecule has 4 heterocycles. The molecule has 0 saturated carbocycles. The molecule has 2 fully saturated rings. The number of ether oxygens (including phenoxy) is 2. The highest BCUT2D eigenvalue weighted by molar-refractivity contribution is 7.22. The highest BCUT2D eigenvalue weighted by Gasteiger charge is 2.75. The van der Waals surface area contributed by atoms with Crippen molar-refractivity contribution in [2.24, 2.45) is 5.92 Å². The van der Waals surface area contributed by atoms with E-state index in [4.69, 9.17) is 14.5 Å². The highest BCUT2D eigenvalue weighted by Crippen LogP contribution is 2.66. The summed E-state index contributed by atoms with van der Waals surface area (Å²) in [6.07, 6.45) is -0.922. The van der Waals surface area contributed by atoms with Gasteiger partial charge in [0.25, 0.3) is 0 Å². The Labute approximate surface area is 413 Å². The third-order valence-corrected chi connectivity index (χ3v) is 14.7. The minimum absolute atomic E-state index is 0.0348. The molecule has 3 aliphatic rings. The number of methoxy groups -OCH3 is 1. The Morgan fingerprint density at radius 1 is 0.746 bits per heavy atom. The number of aromatic hydroxyl groups is 1. The van der Waals surface area contributed by atoms with Gasteiger partial charge in [-0.25, -0.2) is 14.7 Å². The van der Waals surface area contributed by atoms with Gasteiger partial charge in [-0.2, -0.15) is 0 Å². The van der Waals surface area contributed by atoms with Crippen LogP contribution in [0.2, 0.25) is 0 Å². The molecule has 8 aromatic rings. The number of thiazole rings is 1. The molecule has 4 amide bonds. The molecule has 11 rings (SSSR count). The summed E-state index contributed by atoms with van der Waals surface area (Å²) in [7, 11) is 1.59. The van der Waals surface area contributed by atoms with E-state index >= 15 is 19.2 Å². The number of nitrogens with one attached hydrogen (secondary N) is 2. The highest BCUT2D eigenvalue weighted by atomic mass is 32.1. The van der Waals surface area contributed by atoms with Crippen molar-refractivity contribution < 1.29 is 33.8 Å². The van der Waals surface area contributed by atoms with Gasteiger partial charge < -0.3 is 25.2 Å². The lowest BCUT2D eigenvalue weighted by atomic mass is 9.65. The summed E-state index contributed by atoms with van der Waals surface area (Å²) >= 11 is 1.26. The van der Waals surface area contributed by atoms with Crippen molar-refractivity contribution in [3.63, 3.8) is 0 Å². The predicted molar refractivity (Wildman–Crippen MR) is 271 cm³/mol. The lowest BCUT2D eigenvalue weighted by Gasteiger charge is -2.46. The maximum absolute atomic E-state index is 16.7. The largest absolute Gasteiger partial charge is 0.508 e. The van der Waals surface area contributed by atoms with E-state index in [1.165, 1.54) is 23.5 Å². The number of esters is 1. The number of carbonyl (C=O) groups is 4. The zero-order valence-electron chi connectivity index (χ0n) is 38.4. The number of benzene rings is 7. The normalized spacial score (nSPS) is 21.7. The van der Waals surface area contributed by atoms with Crippen LogP contribution in [0.25, 0.3) is 10.2 Å². The number of imide groups is 1. The Hall–Kier alpha value is -8.57. The number of hydrogen-bond acceptors (Lipinski definition) is 10. The zero-order valence-corrected chi connectivity index (χ0v) is 39.2. The van der Waals surface area contributed by atoms with Crippen molar-refractivity contribution in [1.82, 2.24) is 15.2 Å². The molecule has 1 aromatic heterocycles. The number of nitrogens with zero attached hydrogens (tertiary/aromatic N) is 3. The Kier molecular flexibility index (Phi) is 11.6. The molecule has 1 spiro atoms. The first kappa shape index (κ1) is 44.9. The Balaban J connectivity index is 1.18. The number of fused-ring (bicyclic) bond motifs is 4. The van der Waals surface area contributed by atoms with Crippen LogP contribution in [-0.4, -0.2) is 52.0 Å². The van der Waals surface area contributed by atoms with Gasteiger partial charge in [-0.1, -0.05) is 138 Å². The zero-order chi connectivity index (χ0) is 48.8. The van der Waals surface area contributed by atoms with Gasteiger partial charge in [0, 0.05) is 11.1 Å². The van der Waals surface area contributed by atoms with Crippen molar-refractivity contribution in [1.29, 1.82) is 0 Å². The lowest BCUT2D eigenvalue weighted by molar-refractivity contribution is -0.177. The van der Waals surface area contributed by atoms with Gasteiger partial charge in [0.05, 0.1) is 47.1 Å². The summed E-state index contributed by atoms with van der Waals surface area (Å²) in [5.74, 6) is 3.42. The molecule has 2 saturated heterocycles. The first-order valence-corrected chi connectivity index (χ1v) is 24.0. The Morgan fingerprint density at radius 3 is 2.07 bits per heavy atom. The molecule has 71 heavy (non-hydrogen) atoms. The van der Waals surface area contributed by atoms with Gasteiger partial charge >= 0.3 is 12.0 Å².